The van der Waals surface area contributed by atoms with Crippen LogP contribution in [0, 0.1) is 6.92 Å². The van der Waals surface area contributed by atoms with Crippen LogP contribution in [0.2, 0.25) is 0 Å². The van der Waals surface area contributed by atoms with Gasteiger partial charge in [0.25, 0.3) is 0 Å². The Bertz CT molecular complexity index is 537. The lowest BCUT2D eigenvalue weighted by molar-refractivity contribution is 0.237. The van der Waals surface area contributed by atoms with Crippen molar-refractivity contribution in [3.05, 3.63) is 53.4 Å². The van der Waals surface area contributed by atoms with Crippen molar-refractivity contribution >= 4 is 6.03 Å². The number of aryl methyl sites for hydroxylation is 1. The molecule has 19 heavy (non-hydrogen) atoms. The van der Waals surface area contributed by atoms with Crippen LogP contribution in [-0.2, 0) is 6.54 Å². The van der Waals surface area contributed by atoms with Gasteiger partial charge in [0.15, 0.2) is 0 Å². The van der Waals surface area contributed by atoms with Crippen molar-refractivity contribution in [2.45, 2.75) is 26.4 Å². The van der Waals surface area contributed by atoms with Crippen LogP contribution in [0.5, 0.6) is 0 Å². The number of carbonyl (C=O) groups is 1. The second-order valence-electron chi connectivity index (χ2n) is 4.39. The van der Waals surface area contributed by atoms with Crippen LogP contribution >= 0.6 is 0 Å². The zero-order valence-electron chi connectivity index (χ0n) is 11.0. The molecule has 0 bridgehead atoms. The van der Waals surface area contributed by atoms with E-state index < -0.39 is 0 Å². The molecule has 1 atom stereocenters. The molecule has 1 unspecified atom stereocenters. The minimum atomic E-state index is -0.225. The van der Waals surface area contributed by atoms with Crippen molar-refractivity contribution in [3.8, 4) is 0 Å². The van der Waals surface area contributed by atoms with Gasteiger partial charge in [-0.2, -0.15) is 0 Å². The maximum atomic E-state index is 11.7. The summed E-state index contributed by atoms with van der Waals surface area (Å²) in [6.07, 6.45) is 0. The minimum absolute atomic E-state index is 0.0414. The highest BCUT2D eigenvalue weighted by Gasteiger charge is 2.09. The van der Waals surface area contributed by atoms with Gasteiger partial charge in [0, 0.05) is 6.07 Å². The van der Waals surface area contributed by atoms with E-state index in [4.69, 9.17) is 4.52 Å². The van der Waals surface area contributed by atoms with E-state index in [0.29, 0.717) is 12.2 Å². The SMILES string of the molecule is Cc1cc(CNC(=O)NC(C)c2ccccc2)no1. The Labute approximate surface area is 112 Å². The van der Waals surface area contributed by atoms with Crippen molar-refractivity contribution in [1.82, 2.24) is 15.8 Å². The fourth-order valence-corrected chi connectivity index (χ4v) is 1.74. The van der Waals surface area contributed by atoms with Crippen LogP contribution in [0.4, 0.5) is 4.79 Å². The number of hydrogen-bond acceptors (Lipinski definition) is 3. The number of urea groups is 1. The maximum Gasteiger partial charge on any atom is 0.315 e. The molecule has 0 fully saturated rings. The minimum Gasteiger partial charge on any atom is -0.361 e. The molecule has 0 aliphatic heterocycles. The maximum absolute atomic E-state index is 11.7. The number of nitrogens with one attached hydrogen (secondary N) is 2. The number of hydrogen-bond donors (Lipinski definition) is 2. The predicted molar refractivity (Wildman–Crippen MR) is 71.5 cm³/mol. The summed E-state index contributed by atoms with van der Waals surface area (Å²) < 4.78 is 4.93. The lowest BCUT2D eigenvalue weighted by atomic mass is 10.1. The normalized spacial score (nSPS) is 11.9. The first-order chi connectivity index (χ1) is 9.15. The van der Waals surface area contributed by atoms with Crippen molar-refractivity contribution in [2.24, 2.45) is 0 Å². The molecule has 2 rings (SSSR count). The van der Waals surface area contributed by atoms with E-state index in [1.165, 1.54) is 0 Å². The molecule has 0 saturated heterocycles. The first kappa shape index (κ1) is 13.1. The zero-order chi connectivity index (χ0) is 13.7. The topological polar surface area (TPSA) is 67.2 Å². The number of rotatable bonds is 4. The summed E-state index contributed by atoms with van der Waals surface area (Å²) in [5.41, 5.74) is 1.77. The van der Waals surface area contributed by atoms with Crippen LogP contribution in [0.3, 0.4) is 0 Å². The van der Waals surface area contributed by atoms with Crippen LogP contribution in [-0.4, -0.2) is 11.2 Å². The van der Waals surface area contributed by atoms with E-state index in [1.54, 1.807) is 6.07 Å². The van der Waals surface area contributed by atoms with Gasteiger partial charge in [0.1, 0.15) is 11.5 Å². The molecule has 1 aromatic heterocycles. The highest BCUT2D eigenvalue weighted by Crippen LogP contribution is 2.10. The molecule has 0 aliphatic rings. The molecule has 1 aromatic carbocycles. The molecule has 5 heteroatoms. The van der Waals surface area contributed by atoms with E-state index in [9.17, 15) is 4.79 Å². The van der Waals surface area contributed by atoms with Crippen molar-refractivity contribution in [3.63, 3.8) is 0 Å². The van der Waals surface area contributed by atoms with Gasteiger partial charge in [-0.1, -0.05) is 35.5 Å². The van der Waals surface area contributed by atoms with Crippen molar-refractivity contribution in [1.29, 1.82) is 0 Å². The van der Waals surface area contributed by atoms with E-state index in [2.05, 4.69) is 15.8 Å². The fraction of sp³-hybridized carbons (Fsp3) is 0.286. The summed E-state index contributed by atoms with van der Waals surface area (Å²) in [6, 6.07) is 11.3. The van der Waals surface area contributed by atoms with Gasteiger partial charge < -0.3 is 15.2 Å². The lowest BCUT2D eigenvalue weighted by Gasteiger charge is -2.14. The Morgan fingerprint density at radius 3 is 2.74 bits per heavy atom. The molecule has 2 amide bonds. The predicted octanol–water partition coefficient (Wildman–Crippen LogP) is 2.54. The lowest BCUT2D eigenvalue weighted by Crippen LogP contribution is -2.36. The number of carbonyl (C=O) groups excluding carboxylic acids is 1. The van der Waals surface area contributed by atoms with E-state index in [1.807, 2.05) is 44.2 Å². The highest BCUT2D eigenvalue weighted by molar-refractivity contribution is 5.74. The summed E-state index contributed by atoms with van der Waals surface area (Å²) in [5.74, 6) is 0.731. The van der Waals surface area contributed by atoms with Gasteiger partial charge in [0.2, 0.25) is 0 Å². The molecular formula is C14H17N3O2. The average molecular weight is 259 g/mol. The van der Waals surface area contributed by atoms with E-state index >= 15 is 0 Å². The van der Waals surface area contributed by atoms with E-state index in [0.717, 1.165) is 11.3 Å². The molecule has 2 N–H and O–H groups in total. The molecule has 0 radical (unpaired) electrons. The quantitative estimate of drug-likeness (QED) is 0.886. The van der Waals surface area contributed by atoms with Crippen LogP contribution < -0.4 is 10.6 Å². The smallest absolute Gasteiger partial charge is 0.315 e. The zero-order valence-corrected chi connectivity index (χ0v) is 11.0. The number of benzene rings is 1. The van der Waals surface area contributed by atoms with Gasteiger partial charge in [-0.3, -0.25) is 0 Å². The number of aromatic nitrogens is 1. The molecule has 5 nitrogen and oxygen atoms in total. The largest absolute Gasteiger partial charge is 0.361 e. The first-order valence-electron chi connectivity index (χ1n) is 6.16. The summed E-state index contributed by atoms with van der Waals surface area (Å²) in [7, 11) is 0. The summed E-state index contributed by atoms with van der Waals surface area (Å²) in [4.78, 5) is 11.7. The Morgan fingerprint density at radius 2 is 2.11 bits per heavy atom. The summed E-state index contributed by atoms with van der Waals surface area (Å²) >= 11 is 0. The number of nitrogens with zero attached hydrogens (tertiary/aromatic N) is 1. The van der Waals surface area contributed by atoms with Gasteiger partial charge in [-0.25, -0.2) is 4.79 Å². The van der Waals surface area contributed by atoms with Gasteiger partial charge >= 0.3 is 6.03 Å². The van der Waals surface area contributed by atoms with E-state index in [-0.39, 0.29) is 12.1 Å². The van der Waals surface area contributed by atoms with Gasteiger partial charge in [0.05, 0.1) is 12.6 Å². The molecular weight excluding hydrogens is 242 g/mol. The molecule has 0 spiro atoms. The van der Waals surface area contributed by atoms with Crippen LogP contribution in [0.1, 0.15) is 30.0 Å². The molecule has 0 saturated carbocycles. The summed E-state index contributed by atoms with van der Waals surface area (Å²) in [6.45, 7) is 4.11. The van der Waals surface area contributed by atoms with Crippen molar-refractivity contribution in [2.75, 3.05) is 0 Å². The van der Waals surface area contributed by atoms with Crippen LogP contribution in [0.15, 0.2) is 40.9 Å². The second kappa shape index (κ2) is 6.04. The summed E-state index contributed by atoms with van der Waals surface area (Å²) in [5, 5.41) is 9.41. The first-order valence-corrected chi connectivity index (χ1v) is 6.16. The molecule has 2 aromatic rings. The fourth-order valence-electron chi connectivity index (χ4n) is 1.74. The van der Waals surface area contributed by atoms with Gasteiger partial charge in [-0.15, -0.1) is 0 Å². The standard InChI is InChI=1S/C14H17N3O2/c1-10-8-13(17-19-10)9-15-14(18)16-11(2)12-6-4-3-5-7-12/h3-8,11H,9H2,1-2H3,(H2,15,16,18). The Hall–Kier alpha value is -2.30. The molecule has 1 heterocycles. The van der Waals surface area contributed by atoms with Crippen LogP contribution in [0.25, 0.3) is 0 Å². The highest BCUT2D eigenvalue weighted by atomic mass is 16.5. The number of amides is 2. The van der Waals surface area contributed by atoms with Gasteiger partial charge in [-0.05, 0) is 19.4 Å². The third-order valence-electron chi connectivity index (χ3n) is 2.75. The Balaban J connectivity index is 1.81. The van der Waals surface area contributed by atoms with Crippen molar-refractivity contribution < 1.29 is 9.32 Å². The average Bonchev–Trinajstić information content (AvgIpc) is 2.83. The third-order valence-corrected chi connectivity index (χ3v) is 2.75. The Morgan fingerprint density at radius 1 is 1.37 bits per heavy atom. The third kappa shape index (κ3) is 3.84. The molecule has 100 valence electrons. The molecule has 0 aliphatic carbocycles. The Kier molecular flexibility index (Phi) is 4.18. The second-order valence-corrected chi connectivity index (χ2v) is 4.39. The monoisotopic (exact) mass is 259 g/mol.